The molecular weight excluding hydrogens is 352 g/mol. The van der Waals surface area contributed by atoms with E-state index in [0.29, 0.717) is 31.0 Å². The van der Waals surface area contributed by atoms with Gasteiger partial charge in [-0.1, -0.05) is 18.0 Å². The summed E-state index contributed by atoms with van der Waals surface area (Å²) in [6.07, 6.45) is 5.66. The Morgan fingerprint density at radius 1 is 1.31 bits per heavy atom. The molecule has 2 heterocycles. The zero-order valence-corrected chi connectivity index (χ0v) is 15.6. The van der Waals surface area contributed by atoms with Crippen molar-refractivity contribution in [3.05, 3.63) is 29.0 Å². The zero-order valence-electron chi connectivity index (χ0n) is 14.9. The lowest BCUT2D eigenvalue weighted by Gasteiger charge is -2.20. The molecule has 1 aromatic carbocycles. The largest absolute Gasteiger partial charge is 0.356 e. The number of imidazole rings is 1. The molecule has 1 aliphatic heterocycles. The van der Waals surface area contributed by atoms with Crippen LogP contribution in [0.5, 0.6) is 0 Å². The van der Waals surface area contributed by atoms with Crippen LogP contribution in [-0.2, 0) is 16.0 Å². The van der Waals surface area contributed by atoms with Crippen LogP contribution in [0.3, 0.4) is 0 Å². The summed E-state index contributed by atoms with van der Waals surface area (Å²) in [7, 11) is 0. The van der Waals surface area contributed by atoms with Crippen molar-refractivity contribution in [2.45, 2.75) is 44.9 Å². The fraction of sp³-hybridized carbons (Fsp3) is 0.526. The summed E-state index contributed by atoms with van der Waals surface area (Å²) >= 11 is 5.97. The first-order valence-electron chi connectivity index (χ1n) is 9.30. The van der Waals surface area contributed by atoms with Crippen molar-refractivity contribution in [1.29, 1.82) is 0 Å². The van der Waals surface area contributed by atoms with Gasteiger partial charge in [-0.3, -0.25) is 9.59 Å². The summed E-state index contributed by atoms with van der Waals surface area (Å²) in [5.74, 6) is 1.07. The number of carbonyl (C=O) groups excluding carboxylic acids is 2. The van der Waals surface area contributed by atoms with E-state index in [-0.39, 0.29) is 11.8 Å². The van der Waals surface area contributed by atoms with E-state index in [1.54, 1.807) is 0 Å². The molecular formula is C19H25ClN4O2. The van der Waals surface area contributed by atoms with Gasteiger partial charge in [-0.25, -0.2) is 4.98 Å². The minimum atomic E-state index is -0.00145. The molecule has 1 saturated heterocycles. The molecule has 1 aliphatic rings. The van der Waals surface area contributed by atoms with Crippen molar-refractivity contribution in [1.82, 2.24) is 20.2 Å². The Labute approximate surface area is 158 Å². The van der Waals surface area contributed by atoms with Gasteiger partial charge in [-0.2, -0.15) is 0 Å². The van der Waals surface area contributed by atoms with Gasteiger partial charge in [0.05, 0.1) is 11.0 Å². The smallest absolute Gasteiger partial charge is 0.222 e. The summed E-state index contributed by atoms with van der Waals surface area (Å²) in [5.41, 5.74) is 1.83. The number of aromatic amines is 1. The minimum absolute atomic E-state index is 0.00145. The van der Waals surface area contributed by atoms with Crippen LogP contribution in [0.25, 0.3) is 11.0 Å². The Bertz CT molecular complexity index is 774. The van der Waals surface area contributed by atoms with Gasteiger partial charge < -0.3 is 15.2 Å². The number of likely N-dealkylation sites (tertiary alicyclic amines) is 1. The van der Waals surface area contributed by atoms with Crippen LogP contribution in [0.1, 0.15) is 44.3 Å². The highest BCUT2D eigenvalue weighted by molar-refractivity contribution is 6.31. The highest BCUT2D eigenvalue weighted by Crippen LogP contribution is 2.17. The molecule has 0 saturated carbocycles. The quantitative estimate of drug-likeness (QED) is 0.729. The first kappa shape index (κ1) is 18.7. The third-order valence-corrected chi connectivity index (χ3v) is 4.92. The predicted octanol–water partition coefficient (Wildman–Crippen LogP) is 3.06. The van der Waals surface area contributed by atoms with Gasteiger partial charge in [0.25, 0.3) is 0 Å². The van der Waals surface area contributed by atoms with Crippen LogP contribution in [0.4, 0.5) is 0 Å². The number of H-pyrrole nitrogens is 1. The van der Waals surface area contributed by atoms with Gasteiger partial charge in [0.1, 0.15) is 5.82 Å². The third kappa shape index (κ3) is 5.21. The van der Waals surface area contributed by atoms with Crippen molar-refractivity contribution in [3.63, 3.8) is 0 Å². The number of aromatic nitrogens is 2. The molecule has 140 valence electrons. The van der Waals surface area contributed by atoms with Crippen LogP contribution in [0.15, 0.2) is 18.2 Å². The molecule has 0 unspecified atom stereocenters. The van der Waals surface area contributed by atoms with Crippen LogP contribution < -0.4 is 5.32 Å². The monoisotopic (exact) mass is 376 g/mol. The molecule has 0 radical (unpaired) electrons. The molecule has 0 bridgehead atoms. The molecule has 7 heteroatoms. The van der Waals surface area contributed by atoms with Gasteiger partial charge in [0, 0.05) is 43.9 Å². The lowest BCUT2D eigenvalue weighted by atomic mass is 10.2. The Morgan fingerprint density at radius 3 is 3.08 bits per heavy atom. The summed E-state index contributed by atoms with van der Waals surface area (Å²) < 4.78 is 0. The van der Waals surface area contributed by atoms with Crippen molar-refractivity contribution >= 4 is 34.4 Å². The van der Waals surface area contributed by atoms with Gasteiger partial charge in [-0.05, 0) is 37.5 Å². The summed E-state index contributed by atoms with van der Waals surface area (Å²) in [6, 6.07) is 5.58. The maximum absolute atomic E-state index is 12.0. The molecule has 0 aliphatic carbocycles. The lowest BCUT2D eigenvalue weighted by Crippen LogP contribution is -2.35. The predicted molar refractivity (Wildman–Crippen MR) is 102 cm³/mol. The highest BCUT2D eigenvalue weighted by atomic mass is 35.5. The van der Waals surface area contributed by atoms with Crippen molar-refractivity contribution in [2.75, 3.05) is 19.6 Å². The number of amides is 2. The van der Waals surface area contributed by atoms with E-state index in [1.165, 1.54) is 0 Å². The van der Waals surface area contributed by atoms with E-state index in [9.17, 15) is 9.59 Å². The fourth-order valence-corrected chi connectivity index (χ4v) is 3.41. The van der Waals surface area contributed by atoms with Crippen LogP contribution >= 0.6 is 11.6 Å². The molecule has 2 aromatic rings. The first-order chi connectivity index (χ1) is 12.6. The van der Waals surface area contributed by atoms with Gasteiger partial charge in [0.2, 0.25) is 11.8 Å². The first-order valence-corrected chi connectivity index (χ1v) is 9.68. The second-order valence-corrected chi connectivity index (χ2v) is 7.18. The molecule has 3 rings (SSSR count). The topological polar surface area (TPSA) is 78.1 Å². The fourth-order valence-electron chi connectivity index (χ4n) is 3.24. The van der Waals surface area contributed by atoms with Gasteiger partial charge in [-0.15, -0.1) is 0 Å². The third-order valence-electron chi connectivity index (χ3n) is 4.69. The summed E-state index contributed by atoms with van der Waals surface area (Å²) in [4.78, 5) is 33.5. The molecule has 2 N–H and O–H groups in total. The molecule has 0 atom stereocenters. The second-order valence-electron chi connectivity index (χ2n) is 6.74. The number of carbonyl (C=O) groups is 2. The van der Waals surface area contributed by atoms with Crippen molar-refractivity contribution < 1.29 is 9.59 Å². The number of rotatable bonds is 7. The lowest BCUT2D eigenvalue weighted by molar-refractivity contribution is -0.131. The van der Waals surface area contributed by atoms with Crippen LogP contribution in [0.2, 0.25) is 5.02 Å². The zero-order chi connectivity index (χ0) is 18.4. The molecule has 2 amide bonds. The number of hydrogen-bond acceptors (Lipinski definition) is 3. The number of fused-ring (bicyclic) bond motifs is 1. The van der Waals surface area contributed by atoms with E-state index in [0.717, 1.165) is 55.5 Å². The Morgan fingerprint density at radius 2 is 2.19 bits per heavy atom. The van der Waals surface area contributed by atoms with E-state index < -0.39 is 0 Å². The maximum atomic E-state index is 12.0. The second kappa shape index (κ2) is 9.03. The number of hydrogen-bond donors (Lipinski definition) is 2. The summed E-state index contributed by atoms with van der Waals surface area (Å²) in [6.45, 7) is 1.90. The SMILES string of the molecule is O=C(CCN1CCCCCC1=O)NCCCc1nc2ccc(Cl)cc2[nH]1. The molecule has 1 fully saturated rings. The average molecular weight is 377 g/mol. The average Bonchev–Trinajstić information content (AvgIpc) is 2.90. The van der Waals surface area contributed by atoms with Gasteiger partial charge in [0.15, 0.2) is 0 Å². The Balaban J connectivity index is 1.36. The number of halogens is 1. The van der Waals surface area contributed by atoms with E-state index in [4.69, 9.17) is 11.6 Å². The van der Waals surface area contributed by atoms with Crippen molar-refractivity contribution in [3.8, 4) is 0 Å². The highest BCUT2D eigenvalue weighted by Gasteiger charge is 2.17. The van der Waals surface area contributed by atoms with E-state index in [2.05, 4.69) is 15.3 Å². The standard InChI is InChI=1S/C19H25ClN4O2/c20-14-7-8-15-16(13-14)23-17(22-15)5-4-10-21-18(25)9-12-24-11-3-1-2-6-19(24)26/h7-8,13H,1-6,9-12H2,(H,21,25)(H,22,23). The van der Waals surface area contributed by atoms with Crippen molar-refractivity contribution in [2.24, 2.45) is 0 Å². The minimum Gasteiger partial charge on any atom is -0.356 e. The number of nitrogens with zero attached hydrogens (tertiary/aromatic N) is 2. The van der Waals surface area contributed by atoms with E-state index in [1.807, 2.05) is 23.1 Å². The number of aryl methyl sites for hydroxylation is 1. The Kier molecular flexibility index (Phi) is 6.50. The number of nitrogens with one attached hydrogen (secondary N) is 2. The normalized spacial score (nSPS) is 15.3. The maximum Gasteiger partial charge on any atom is 0.222 e. The molecule has 26 heavy (non-hydrogen) atoms. The Hall–Kier alpha value is -2.08. The van der Waals surface area contributed by atoms with Gasteiger partial charge >= 0.3 is 0 Å². The summed E-state index contributed by atoms with van der Waals surface area (Å²) in [5, 5.41) is 3.61. The molecule has 6 nitrogen and oxygen atoms in total. The van der Waals surface area contributed by atoms with Crippen LogP contribution in [0, 0.1) is 0 Å². The molecule has 1 aromatic heterocycles. The number of benzene rings is 1. The van der Waals surface area contributed by atoms with E-state index >= 15 is 0 Å². The van der Waals surface area contributed by atoms with Crippen LogP contribution in [-0.4, -0.2) is 46.3 Å². The molecule has 0 spiro atoms.